The number of rotatable bonds is 4. The number of ether oxygens (including phenoxy) is 1. The van der Waals surface area contributed by atoms with Crippen LogP contribution in [0, 0.1) is 0 Å². The molecule has 5 heteroatoms. The Morgan fingerprint density at radius 1 is 1.25 bits per heavy atom. The van der Waals surface area contributed by atoms with Gasteiger partial charge in [-0.2, -0.15) is 0 Å². The Morgan fingerprint density at radius 3 is 2.69 bits per heavy atom. The Hall–Kier alpha value is -0.390. The van der Waals surface area contributed by atoms with Gasteiger partial charge in [0.05, 0.1) is 15.7 Å². The molecule has 0 saturated heterocycles. The minimum absolute atomic E-state index is 0.589. The molecular formula is C11H9Br2NOS. The zero-order valence-electron chi connectivity index (χ0n) is 8.32. The van der Waals surface area contributed by atoms with Gasteiger partial charge in [0.15, 0.2) is 0 Å². The lowest BCUT2D eigenvalue weighted by Crippen LogP contribution is -1.94. The van der Waals surface area contributed by atoms with Crippen LogP contribution in [0.25, 0.3) is 0 Å². The van der Waals surface area contributed by atoms with Crippen molar-refractivity contribution in [3.05, 3.63) is 44.8 Å². The van der Waals surface area contributed by atoms with E-state index in [-0.39, 0.29) is 0 Å². The van der Waals surface area contributed by atoms with Crippen molar-refractivity contribution >= 4 is 43.2 Å². The molecule has 2 rings (SSSR count). The standard InChI is InChI=1S/C11H9Br2NOS/c12-5-8-1-2-9(6-14-8)15-7-10-3-4-11(13)16-10/h1-4,6H,5,7H2. The third-order valence-electron chi connectivity index (χ3n) is 1.94. The first-order valence-electron chi connectivity index (χ1n) is 4.66. The van der Waals surface area contributed by atoms with Gasteiger partial charge in [-0.05, 0) is 40.2 Å². The lowest BCUT2D eigenvalue weighted by molar-refractivity contribution is 0.308. The second kappa shape index (κ2) is 5.80. The van der Waals surface area contributed by atoms with Gasteiger partial charge in [-0.3, -0.25) is 4.98 Å². The molecule has 0 aromatic carbocycles. The third kappa shape index (κ3) is 3.30. The van der Waals surface area contributed by atoms with E-state index in [9.17, 15) is 0 Å². The van der Waals surface area contributed by atoms with Gasteiger partial charge >= 0.3 is 0 Å². The average molecular weight is 363 g/mol. The van der Waals surface area contributed by atoms with Crippen molar-refractivity contribution < 1.29 is 4.74 Å². The second-order valence-corrected chi connectivity index (χ2v) is 6.22. The largest absolute Gasteiger partial charge is 0.486 e. The number of halogens is 2. The minimum Gasteiger partial charge on any atom is -0.486 e. The van der Waals surface area contributed by atoms with Crippen LogP contribution in [0.1, 0.15) is 10.6 Å². The van der Waals surface area contributed by atoms with E-state index in [1.807, 2.05) is 18.2 Å². The van der Waals surface area contributed by atoms with Crippen molar-refractivity contribution in [2.75, 3.05) is 0 Å². The van der Waals surface area contributed by atoms with Crippen molar-refractivity contribution in [3.8, 4) is 5.75 Å². The first kappa shape index (κ1) is 12.1. The fraction of sp³-hybridized carbons (Fsp3) is 0.182. The number of thiophene rings is 1. The molecule has 2 aromatic heterocycles. The van der Waals surface area contributed by atoms with Crippen LogP contribution in [0.3, 0.4) is 0 Å². The van der Waals surface area contributed by atoms with Crippen molar-refractivity contribution in [2.45, 2.75) is 11.9 Å². The molecule has 0 saturated carbocycles. The minimum atomic E-state index is 0.589. The number of pyridine rings is 1. The van der Waals surface area contributed by atoms with Gasteiger partial charge in [-0.1, -0.05) is 15.9 Å². The normalized spacial score (nSPS) is 10.4. The maximum atomic E-state index is 5.62. The summed E-state index contributed by atoms with van der Waals surface area (Å²) in [5.74, 6) is 0.800. The molecule has 0 atom stereocenters. The molecule has 2 aromatic rings. The number of hydrogen-bond donors (Lipinski definition) is 0. The quantitative estimate of drug-likeness (QED) is 0.753. The van der Waals surface area contributed by atoms with E-state index < -0.39 is 0 Å². The van der Waals surface area contributed by atoms with Crippen LogP contribution >= 0.6 is 43.2 Å². The summed E-state index contributed by atoms with van der Waals surface area (Å²) in [7, 11) is 0. The zero-order chi connectivity index (χ0) is 11.4. The molecule has 2 heterocycles. The number of aromatic nitrogens is 1. The molecule has 0 aliphatic rings. The van der Waals surface area contributed by atoms with Gasteiger partial charge in [-0.15, -0.1) is 11.3 Å². The van der Waals surface area contributed by atoms with Crippen LogP contribution < -0.4 is 4.74 Å². The smallest absolute Gasteiger partial charge is 0.138 e. The molecule has 0 aliphatic heterocycles. The van der Waals surface area contributed by atoms with Gasteiger partial charge in [0.25, 0.3) is 0 Å². The van der Waals surface area contributed by atoms with Crippen molar-refractivity contribution in [1.82, 2.24) is 4.98 Å². The number of nitrogens with zero attached hydrogens (tertiary/aromatic N) is 1. The van der Waals surface area contributed by atoms with Crippen LogP contribution in [0.4, 0.5) is 0 Å². The Morgan fingerprint density at radius 2 is 2.12 bits per heavy atom. The average Bonchev–Trinajstić information content (AvgIpc) is 2.73. The van der Waals surface area contributed by atoms with E-state index in [1.54, 1.807) is 17.5 Å². The Balaban J connectivity index is 1.94. The lowest BCUT2D eigenvalue weighted by atomic mass is 10.4. The highest BCUT2D eigenvalue weighted by molar-refractivity contribution is 9.11. The Labute approximate surface area is 115 Å². The fourth-order valence-electron chi connectivity index (χ4n) is 1.16. The monoisotopic (exact) mass is 361 g/mol. The van der Waals surface area contributed by atoms with E-state index >= 15 is 0 Å². The maximum absolute atomic E-state index is 5.62. The summed E-state index contributed by atoms with van der Waals surface area (Å²) in [4.78, 5) is 5.43. The summed E-state index contributed by atoms with van der Waals surface area (Å²) < 4.78 is 6.74. The van der Waals surface area contributed by atoms with Gasteiger partial charge in [0.1, 0.15) is 12.4 Å². The molecular weight excluding hydrogens is 354 g/mol. The van der Waals surface area contributed by atoms with Crippen LogP contribution in [0.5, 0.6) is 5.75 Å². The van der Waals surface area contributed by atoms with Crippen molar-refractivity contribution in [3.63, 3.8) is 0 Å². The van der Waals surface area contributed by atoms with E-state index in [1.165, 1.54) is 4.88 Å². The predicted octanol–water partition coefficient (Wildman–Crippen LogP) is 4.38. The second-order valence-electron chi connectivity index (χ2n) is 3.11. The molecule has 0 bridgehead atoms. The van der Waals surface area contributed by atoms with E-state index in [0.29, 0.717) is 6.61 Å². The van der Waals surface area contributed by atoms with Crippen LogP contribution in [0.15, 0.2) is 34.2 Å². The van der Waals surface area contributed by atoms with Crippen LogP contribution in [-0.4, -0.2) is 4.98 Å². The van der Waals surface area contributed by atoms with E-state index in [0.717, 1.165) is 20.6 Å². The van der Waals surface area contributed by atoms with Crippen molar-refractivity contribution in [1.29, 1.82) is 0 Å². The number of hydrogen-bond acceptors (Lipinski definition) is 3. The summed E-state index contributed by atoms with van der Waals surface area (Å²) in [5, 5.41) is 0.769. The van der Waals surface area contributed by atoms with Gasteiger partial charge in [-0.25, -0.2) is 0 Å². The summed E-state index contributed by atoms with van der Waals surface area (Å²) in [6.07, 6.45) is 1.75. The SMILES string of the molecule is BrCc1ccc(OCc2ccc(Br)s2)cn1. The Kier molecular flexibility index (Phi) is 4.37. The van der Waals surface area contributed by atoms with Gasteiger partial charge < -0.3 is 4.74 Å². The molecule has 0 spiro atoms. The highest BCUT2D eigenvalue weighted by Gasteiger charge is 2.00. The summed E-state index contributed by atoms with van der Waals surface area (Å²) in [6, 6.07) is 7.96. The molecule has 0 N–H and O–H groups in total. The third-order valence-corrected chi connectivity index (χ3v) is 4.12. The van der Waals surface area contributed by atoms with Crippen LogP contribution in [0.2, 0.25) is 0 Å². The first-order chi connectivity index (χ1) is 7.78. The molecule has 0 unspecified atom stereocenters. The molecule has 0 amide bonds. The highest BCUT2D eigenvalue weighted by atomic mass is 79.9. The molecule has 0 radical (unpaired) electrons. The summed E-state index contributed by atoms with van der Waals surface area (Å²) >= 11 is 8.45. The van der Waals surface area contributed by atoms with E-state index in [4.69, 9.17) is 4.74 Å². The Bertz CT molecular complexity index is 455. The van der Waals surface area contributed by atoms with Gasteiger partial charge in [0, 0.05) is 10.2 Å². The number of alkyl halides is 1. The zero-order valence-corrected chi connectivity index (χ0v) is 12.3. The van der Waals surface area contributed by atoms with Crippen molar-refractivity contribution in [2.24, 2.45) is 0 Å². The fourth-order valence-corrected chi connectivity index (χ4v) is 2.89. The maximum Gasteiger partial charge on any atom is 0.138 e. The predicted molar refractivity (Wildman–Crippen MR) is 73.2 cm³/mol. The topological polar surface area (TPSA) is 22.1 Å². The summed E-state index contributed by atoms with van der Waals surface area (Å²) in [6.45, 7) is 0.589. The molecule has 2 nitrogen and oxygen atoms in total. The van der Waals surface area contributed by atoms with E-state index in [2.05, 4.69) is 42.9 Å². The summed E-state index contributed by atoms with van der Waals surface area (Å²) in [5.41, 5.74) is 1.01. The molecule has 84 valence electrons. The lowest BCUT2D eigenvalue weighted by Gasteiger charge is -2.04. The highest BCUT2D eigenvalue weighted by Crippen LogP contribution is 2.23. The first-order valence-corrected chi connectivity index (χ1v) is 7.39. The molecule has 0 aliphatic carbocycles. The molecule has 0 fully saturated rings. The van der Waals surface area contributed by atoms with Crippen LogP contribution in [-0.2, 0) is 11.9 Å². The van der Waals surface area contributed by atoms with Gasteiger partial charge in [0.2, 0.25) is 0 Å². The molecule has 16 heavy (non-hydrogen) atoms.